The van der Waals surface area contributed by atoms with Gasteiger partial charge in [-0.1, -0.05) is 62.7 Å². The maximum absolute atomic E-state index is 3.48. The number of nitrogens with one attached hydrogen (secondary N) is 1. The van der Waals surface area contributed by atoms with Gasteiger partial charge in [-0.05, 0) is 42.0 Å². The highest BCUT2D eigenvalue weighted by Gasteiger charge is 2.07. The van der Waals surface area contributed by atoms with Gasteiger partial charge in [0.2, 0.25) is 0 Å². The Labute approximate surface area is 123 Å². The van der Waals surface area contributed by atoms with Gasteiger partial charge in [0.25, 0.3) is 0 Å². The van der Waals surface area contributed by atoms with E-state index in [4.69, 9.17) is 0 Å². The Bertz CT molecular complexity index is 487. The number of benzene rings is 2. The molecular formula is C19H25N. The third-order valence-corrected chi connectivity index (χ3v) is 3.85. The van der Waals surface area contributed by atoms with Crippen LogP contribution in [0.5, 0.6) is 0 Å². The highest BCUT2D eigenvalue weighted by molar-refractivity contribution is 5.45. The zero-order valence-electron chi connectivity index (χ0n) is 12.6. The van der Waals surface area contributed by atoms with Crippen LogP contribution in [-0.2, 0) is 6.54 Å². The molecular weight excluding hydrogens is 242 g/mol. The van der Waals surface area contributed by atoms with Crippen LogP contribution in [0.3, 0.4) is 0 Å². The van der Waals surface area contributed by atoms with Gasteiger partial charge in [-0.2, -0.15) is 0 Å². The van der Waals surface area contributed by atoms with Crippen LogP contribution in [0.25, 0.3) is 0 Å². The second kappa shape index (κ2) is 7.74. The molecule has 0 aromatic heterocycles. The summed E-state index contributed by atoms with van der Waals surface area (Å²) >= 11 is 0. The first kappa shape index (κ1) is 14.6. The maximum Gasteiger partial charge on any atom is 0.0400 e. The summed E-state index contributed by atoms with van der Waals surface area (Å²) in [6.45, 7) is 5.42. The lowest BCUT2D eigenvalue weighted by atomic mass is 9.92. The summed E-state index contributed by atoms with van der Waals surface area (Å²) in [6, 6.07) is 19.5. The lowest BCUT2D eigenvalue weighted by molar-refractivity contribution is 0.596. The Morgan fingerprint density at radius 2 is 1.60 bits per heavy atom. The molecule has 0 fully saturated rings. The first-order valence-corrected chi connectivity index (χ1v) is 7.71. The normalized spacial score (nSPS) is 12.1. The fourth-order valence-electron chi connectivity index (χ4n) is 2.63. The van der Waals surface area contributed by atoms with E-state index in [1.165, 1.54) is 36.1 Å². The van der Waals surface area contributed by atoms with E-state index in [-0.39, 0.29) is 0 Å². The van der Waals surface area contributed by atoms with Gasteiger partial charge < -0.3 is 5.32 Å². The van der Waals surface area contributed by atoms with E-state index in [1.54, 1.807) is 0 Å². The highest BCUT2D eigenvalue weighted by Crippen LogP contribution is 2.25. The van der Waals surface area contributed by atoms with Crippen molar-refractivity contribution in [1.82, 2.24) is 0 Å². The van der Waals surface area contributed by atoms with E-state index in [0.29, 0.717) is 5.92 Å². The van der Waals surface area contributed by atoms with Crippen LogP contribution in [0.4, 0.5) is 5.69 Å². The molecule has 0 radical (unpaired) electrons. The summed E-state index contributed by atoms with van der Waals surface area (Å²) in [5.41, 5.74) is 3.98. The van der Waals surface area contributed by atoms with Crippen LogP contribution in [0.2, 0.25) is 0 Å². The largest absolute Gasteiger partial charge is 0.381 e. The van der Waals surface area contributed by atoms with Crippen LogP contribution in [0.1, 0.15) is 50.2 Å². The molecule has 0 amide bonds. The van der Waals surface area contributed by atoms with Crippen molar-refractivity contribution in [3.63, 3.8) is 0 Å². The van der Waals surface area contributed by atoms with Crippen LogP contribution >= 0.6 is 0 Å². The minimum Gasteiger partial charge on any atom is -0.381 e. The van der Waals surface area contributed by atoms with Crippen LogP contribution in [-0.4, -0.2) is 0 Å². The molecule has 2 aromatic carbocycles. The van der Waals surface area contributed by atoms with E-state index in [2.05, 4.69) is 73.8 Å². The first-order valence-electron chi connectivity index (χ1n) is 7.71. The Morgan fingerprint density at radius 1 is 0.900 bits per heavy atom. The van der Waals surface area contributed by atoms with Crippen molar-refractivity contribution in [2.45, 2.75) is 45.6 Å². The molecule has 0 bridgehead atoms. The van der Waals surface area contributed by atoms with E-state index < -0.39 is 0 Å². The summed E-state index contributed by atoms with van der Waals surface area (Å²) in [7, 11) is 0. The number of anilines is 1. The molecule has 0 aliphatic carbocycles. The zero-order chi connectivity index (χ0) is 14.2. The average Bonchev–Trinajstić information content (AvgIpc) is 2.52. The second-order valence-corrected chi connectivity index (χ2v) is 5.36. The van der Waals surface area contributed by atoms with E-state index >= 15 is 0 Å². The summed E-state index contributed by atoms with van der Waals surface area (Å²) < 4.78 is 0. The third kappa shape index (κ3) is 4.12. The molecule has 106 valence electrons. The predicted octanol–water partition coefficient (Wildman–Crippen LogP) is 5.59. The molecule has 0 aliphatic rings. The Kier molecular flexibility index (Phi) is 5.67. The standard InChI is InChI=1S/C19H25N/c1-3-8-17(4-2)18-11-13-19(14-12-18)20-15-16-9-6-5-7-10-16/h5-7,9-14,17,20H,3-4,8,15H2,1-2H3. The molecule has 1 N–H and O–H groups in total. The maximum atomic E-state index is 3.48. The SMILES string of the molecule is CCCC(CC)c1ccc(NCc2ccccc2)cc1. The van der Waals surface area contributed by atoms with Gasteiger partial charge in [-0.25, -0.2) is 0 Å². The molecule has 1 atom stereocenters. The molecule has 0 saturated carbocycles. The summed E-state index contributed by atoms with van der Waals surface area (Å²) in [5.74, 6) is 0.711. The van der Waals surface area contributed by atoms with Gasteiger partial charge >= 0.3 is 0 Å². The number of hydrogen-bond acceptors (Lipinski definition) is 1. The highest BCUT2D eigenvalue weighted by atomic mass is 14.9. The molecule has 0 spiro atoms. The fraction of sp³-hybridized carbons (Fsp3) is 0.368. The molecule has 0 heterocycles. The third-order valence-electron chi connectivity index (χ3n) is 3.85. The molecule has 0 saturated heterocycles. The van der Waals surface area contributed by atoms with E-state index in [1.807, 2.05) is 0 Å². The van der Waals surface area contributed by atoms with Crippen molar-refractivity contribution >= 4 is 5.69 Å². The monoisotopic (exact) mass is 267 g/mol. The van der Waals surface area contributed by atoms with E-state index in [0.717, 1.165) is 6.54 Å². The van der Waals surface area contributed by atoms with Crippen molar-refractivity contribution in [2.24, 2.45) is 0 Å². The molecule has 20 heavy (non-hydrogen) atoms. The predicted molar refractivity (Wildman–Crippen MR) is 88.2 cm³/mol. The number of hydrogen-bond donors (Lipinski definition) is 1. The van der Waals surface area contributed by atoms with Gasteiger partial charge in [-0.3, -0.25) is 0 Å². The molecule has 2 aromatic rings. The average molecular weight is 267 g/mol. The van der Waals surface area contributed by atoms with Crippen molar-refractivity contribution in [3.05, 3.63) is 65.7 Å². The summed E-state index contributed by atoms with van der Waals surface area (Å²) in [6.07, 6.45) is 3.77. The first-order chi connectivity index (χ1) is 9.83. The van der Waals surface area contributed by atoms with Crippen molar-refractivity contribution in [1.29, 1.82) is 0 Å². The van der Waals surface area contributed by atoms with Crippen LogP contribution in [0, 0.1) is 0 Å². The smallest absolute Gasteiger partial charge is 0.0400 e. The molecule has 1 heteroatoms. The van der Waals surface area contributed by atoms with Gasteiger partial charge in [0, 0.05) is 12.2 Å². The lowest BCUT2D eigenvalue weighted by Gasteiger charge is -2.15. The van der Waals surface area contributed by atoms with Crippen LogP contribution in [0.15, 0.2) is 54.6 Å². The molecule has 2 rings (SSSR count). The van der Waals surface area contributed by atoms with Gasteiger partial charge in [0.1, 0.15) is 0 Å². The fourth-order valence-corrected chi connectivity index (χ4v) is 2.63. The minimum atomic E-state index is 0.711. The molecule has 1 unspecified atom stereocenters. The Hall–Kier alpha value is -1.76. The lowest BCUT2D eigenvalue weighted by Crippen LogP contribution is -2.00. The summed E-state index contributed by atoms with van der Waals surface area (Å²) in [4.78, 5) is 0. The zero-order valence-corrected chi connectivity index (χ0v) is 12.6. The second-order valence-electron chi connectivity index (χ2n) is 5.36. The van der Waals surface area contributed by atoms with E-state index in [9.17, 15) is 0 Å². The van der Waals surface area contributed by atoms with Gasteiger partial charge in [0.05, 0.1) is 0 Å². The summed E-state index contributed by atoms with van der Waals surface area (Å²) in [5, 5.41) is 3.48. The van der Waals surface area contributed by atoms with Crippen molar-refractivity contribution < 1.29 is 0 Å². The van der Waals surface area contributed by atoms with Gasteiger partial charge in [0.15, 0.2) is 0 Å². The number of rotatable bonds is 7. The Morgan fingerprint density at radius 3 is 2.20 bits per heavy atom. The van der Waals surface area contributed by atoms with Gasteiger partial charge in [-0.15, -0.1) is 0 Å². The minimum absolute atomic E-state index is 0.711. The van der Waals surface area contributed by atoms with Crippen molar-refractivity contribution in [3.8, 4) is 0 Å². The van der Waals surface area contributed by atoms with Crippen LogP contribution < -0.4 is 5.32 Å². The van der Waals surface area contributed by atoms with Crippen molar-refractivity contribution in [2.75, 3.05) is 5.32 Å². The topological polar surface area (TPSA) is 12.0 Å². The molecule has 1 nitrogen and oxygen atoms in total. The quantitative estimate of drug-likeness (QED) is 0.689. The Balaban J connectivity index is 1.94. The molecule has 0 aliphatic heterocycles.